The molecule has 0 bridgehead atoms. The van der Waals surface area contributed by atoms with Gasteiger partial charge in [0.15, 0.2) is 11.9 Å². The van der Waals surface area contributed by atoms with Gasteiger partial charge in [-0.25, -0.2) is 9.38 Å². The van der Waals surface area contributed by atoms with Crippen molar-refractivity contribution in [1.29, 1.82) is 0 Å². The highest BCUT2D eigenvalue weighted by Gasteiger charge is 2.32. The van der Waals surface area contributed by atoms with E-state index in [9.17, 15) is 28.4 Å². The van der Waals surface area contributed by atoms with E-state index in [-0.39, 0.29) is 55.8 Å². The highest BCUT2D eigenvalue weighted by molar-refractivity contribution is 8.00. The maximum atomic E-state index is 14.2. The van der Waals surface area contributed by atoms with E-state index in [4.69, 9.17) is 28.7 Å². The average Bonchev–Trinajstić information content (AvgIpc) is 3.15. The van der Waals surface area contributed by atoms with Crippen molar-refractivity contribution in [2.75, 3.05) is 12.3 Å². The molecule has 57 heavy (non-hydrogen) atoms. The van der Waals surface area contributed by atoms with Crippen LogP contribution in [0.15, 0.2) is 93.7 Å². The summed E-state index contributed by atoms with van der Waals surface area (Å²) in [6.07, 6.45) is 0.577. The number of amides is 5. The van der Waals surface area contributed by atoms with Crippen molar-refractivity contribution < 1.29 is 28.4 Å². The Kier molecular flexibility index (Phi) is 18.3. The second kappa shape index (κ2) is 23.0. The van der Waals surface area contributed by atoms with Crippen LogP contribution >= 0.6 is 11.8 Å². The largest absolute Gasteiger partial charge is 0.370 e. The maximum absolute atomic E-state index is 14.2. The van der Waals surface area contributed by atoms with Gasteiger partial charge >= 0.3 is 0 Å². The van der Waals surface area contributed by atoms with Crippen LogP contribution in [0.25, 0.3) is 0 Å². The topological polar surface area (TPSA) is 288 Å². The molecule has 0 saturated heterocycles. The van der Waals surface area contributed by atoms with E-state index in [2.05, 4.69) is 31.3 Å². The van der Waals surface area contributed by atoms with E-state index in [1.165, 1.54) is 36.0 Å². The van der Waals surface area contributed by atoms with Gasteiger partial charge < -0.3 is 49.9 Å². The van der Waals surface area contributed by atoms with Crippen molar-refractivity contribution in [3.63, 3.8) is 0 Å². The summed E-state index contributed by atoms with van der Waals surface area (Å²) < 4.78 is 13.8. The summed E-state index contributed by atoms with van der Waals surface area (Å²) in [5.41, 5.74) is 29.0. The van der Waals surface area contributed by atoms with E-state index in [1.807, 2.05) is 44.2 Å². The summed E-state index contributed by atoms with van der Waals surface area (Å²) in [5.74, 6) is -4.14. The quantitative estimate of drug-likeness (QED) is 0.0298. The molecule has 0 saturated carbocycles. The Balaban J connectivity index is 1.90. The minimum Gasteiger partial charge on any atom is -0.370 e. The molecule has 16 nitrogen and oxygen atoms in total. The first-order valence-electron chi connectivity index (χ1n) is 18.3. The standard InChI is InChI=1S/C39H52FN11O5S/c1-23(2)19-30(35(54)49-29(34(41)53)9-6-18-46-38(42)43)50-37(56)32(21-25-12-16-27(17-13-25)47-39(44)45)51-36(55)31(20-24-10-14-26(40)15-11-24)48-33(52)22-57-28-7-4-3-5-8-28/h3-5,7-8,10-17,23,29-32H,6,9,18-22H2,1-2H3,(H2,41,53)(H,48,52)(H,49,54)(H,50,56)(H,51,55)(H4,42,43,46)(H4,44,45,47)/t29-,30-,31-,32-/m0/s1. The molecule has 306 valence electrons. The number of aliphatic imine (C=N–C) groups is 2. The van der Waals surface area contributed by atoms with Crippen LogP contribution in [0.1, 0.15) is 44.2 Å². The monoisotopic (exact) mass is 805 g/mol. The highest BCUT2D eigenvalue weighted by atomic mass is 32.2. The van der Waals surface area contributed by atoms with Crippen LogP contribution in [0.5, 0.6) is 0 Å². The smallest absolute Gasteiger partial charge is 0.243 e. The van der Waals surface area contributed by atoms with Crippen molar-refractivity contribution in [2.45, 2.75) is 75.0 Å². The fourth-order valence-electron chi connectivity index (χ4n) is 5.58. The molecular weight excluding hydrogens is 754 g/mol. The number of nitrogens with two attached hydrogens (primary N) is 5. The molecule has 0 fully saturated rings. The zero-order valence-electron chi connectivity index (χ0n) is 32.0. The Hall–Kier alpha value is -6.17. The zero-order chi connectivity index (χ0) is 41.9. The minimum atomic E-state index is -1.27. The number of carbonyl (C=O) groups is 5. The van der Waals surface area contributed by atoms with E-state index in [1.54, 1.807) is 24.3 Å². The molecule has 5 amide bonds. The number of halogens is 1. The fraction of sp³-hybridized carbons (Fsp3) is 0.359. The molecule has 3 aromatic carbocycles. The fourth-order valence-corrected chi connectivity index (χ4v) is 6.31. The van der Waals surface area contributed by atoms with Crippen molar-refractivity contribution in [3.8, 4) is 0 Å². The average molecular weight is 806 g/mol. The SMILES string of the molecule is CC(C)C[C@H](NC(=O)[C@H](Cc1ccc(N=C(N)N)cc1)NC(=O)[C@H](Cc1ccc(F)cc1)NC(=O)CSc1ccccc1)C(=O)N[C@@H](CCCN=C(N)N)C(N)=O. The Labute approximate surface area is 335 Å². The van der Waals surface area contributed by atoms with Crippen molar-refractivity contribution in [2.24, 2.45) is 44.6 Å². The lowest BCUT2D eigenvalue weighted by Gasteiger charge is -2.27. The number of guanidine groups is 2. The predicted octanol–water partition coefficient (Wildman–Crippen LogP) is 0.832. The van der Waals surface area contributed by atoms with E-state index in [0.717, 1.165) is 4.90 Å². The molecule has 0 heterocycles. The molecule has 0 aromatic heterocycles. The summed E-state index contributed by atoms with van der Waals surface area (Å²) in [5, 5.41) is 10.9. The first kappa shape index (κ1) is 45.2. The molecule has 14 N–H and O–H groups in total. The second-order valence-electron chi connectivity index (χ2n) is 13.6. The number of nitrogens with one attached hydrogen (secondary N) is 4. The van der Waals surface area contributed by atoms with Crippen LogP contribution in [0, 0.1) is 11.7 Å². The molecule has 0 spiro atoms. The van der Waals surface area contributed by atoms with Gasteiger partial charge in [0.05, 0.1) is 11.4 Å². The Morgan fingerprint density at radius 1 is 0.667 bits per heavy atom. The second-order valence-corrected chi connectivity index (χ2v) is 14.7. The van der Waals surface area contributed by atoms with Gasteiger partial charge in [-0.3, -0.25) is 29.0 Å². The molecule has 18 heteroatoms. The lowest BCUT2D eigenvalue weighted by molar-refractivity contribution is -0.134. The summed E-state index contributed by atoms with van der Waals surface area (Å²) >= 11 is 1.28. The highest BCUT2D eigenvalue weighted by Crippen LogP contribution is 2.18. The van der Waals surface area contributed by atoms with E-state index in [0.29, 0.717) is 23.2 Å². The van der Waals surface area contributed by atoms with Gasteiger partial charge in [-0.15, -0.1) is 11.8 Å². The molecule has 3 aromatic rings. The van der Waals surface area contributed by atoms with E-state index < -0.39 is 59.5 Å². The summed E-state index contributed by atoms with van der Waals surface area (Å²) in [6.45, 7) is 3.91. The molecule has 3 rings (SSSR count). The number of thioether (sulfide) groups is 1. The Morgan fingerprint density at radius 3 is 1.74 bits per heavy atom. The van der Waals surface area contributed by atoms with Crippen LogP contribution in [0.3, 0.4) is 0 Å². The van der Waals surface area contributed by atoms with Gasteiger partial charge in [-0.2, -0.15) is 0 Å². The van der Waals surface area contributed by atoms with Gasteiger partial charge in [0.2, 0.25) is 29.5 Å². The predicted molar refractivity (Wildman–Crippen MR) is 219 cm³/mol. The third-order valence-corrected chi connectivity index (χ3v) is 9.34. The summed E-state index contributed by atoms with van der Waals surface area (Å²) in [6, 6.07) is 16.7. The first-order chi connectivity index (χ1) is 27.1. The van der Waals surface area contributed by atoms with Crippen molar-refractivity contribution in [1.82, 2.24) is 21.3 Å². The molecule has 0 aliphatic heterocycles. The van der Waals surface area contributed by atoms with Crippen LogP contribution in [-0.2, 0) is 36.8 Å². The molecular formula is C39H52FN11O5S. The number of nitrogens with zero attached hydrogens (tertiary/aromatic N) is 2. The summed E-state index contributed by atoms with van der Waals surface area (Å²) in [4.78, 5) is 76.1. The van der Waals surface area contributed by atoms with Gasteiger partial charge in [-0.05, 0) is 72.7 Å². The molecule has 0 unspecified atom stereocenters. The third kappa shape index (κ3) is 17.0. The minimum absolute atomic E-state index is 0.00412. The maximum Gasteiger partial charge on any atom is 0.243 e. The third-order valence-electron chi connectivity index (χ3n) is 8.33. The van der Waals surface area contributed by atoms with Crippen LogP contribution in [0.4, 0.5) is 10.1 Å². The number of carbonyl (C=O) groups excluding carboxylic acids is 5. The molecule has 4 atom stereocenters. The number of rotatable bonds is 22. The van der Waals surface area contributed by atoms with Crippen LogP contribution < -0.4 is 49.9 Å². The lowest BCUT2D eigenvalue weighted by atomic mass is 9.99. The summed E-state index contributed by atoms with van der Waals surface area (Å²) in [7, 11) is 0. The van der Waals surface area contributed by atoms with Crippen LogP contribution in [0.2, 0.25) is 0 Å². The molecule has 0 aliphatic rings. The molecule has 0 radical (unpaired) electrons. The van der Waals surface area contributed by atoms with Crippen LogP contribution in [-0.4, -0.2) is 77.9 Å². The zero-order valence-corrected chi connectivity index (χ0v) is 32.8. The van der Waals surface area contributed by atoms with Gasteiger partial charge in [-0.1, -0.05) is 56.3 Å². The lowest BCUT2D eigenvalue weighted by Crippen LogP contribution is -2.59. The van der Waals surface area contributed by atoms with Gasteiger partial charge in [0.25, 0.3) is 0 Å². The first-order valence-corrected chi connectivity index (χ1v) is 19.2. The Bertz CT molecular complexity index is 1850. The molecule has 0 aliphatic carbocycles. The number of hydrogen-bond acceptors (Lipinski definition) is 8. The van der Waals surface area contributed by atoms with Crippen molar-refractivity contribution >= 4 is 58.9 Å². The number of benzene rings is 3. The number of hydrogen-bond donors (Lipinski definition) is 9. The Morgan fingerprint density at radius 2 is 1.19 bits per heavy atom. The van der Waals surface area contributed by atoms with E-state index >= 15 is 0 Å². The number of primary amides is 1. The van der Waals surface area contributed by atoms with Gasteiger partial charge in [0, 0.05) is 24.3 Å². The van der Waals surface area contributed by atoms with Crippen molar-refractivity contribution in [3.05, 3.63) is 95.8 Å². The normalized spacial score (nSPS) is 12.9. The van der Waals surface area contributed by atoms with Gasteiger partial charge in [0.1, 0.15) is 30.0 Å².